The van der Waals surface area contributed by atoms with Gasteiger partial charge in [0, 0.05) is 6.54 Å². The average Bonchev–Trinajstić information content (AvgIpc) is 2.42. The predicted molar refractivity (Wildman–Crippen MR) is 51.8 cm³/mol. The van der Waals surface area contributed by atoms with Crippen LogP contribution < -0.4 is 0 Å². The zero-order valence-electron chi connectivity index (χ0n) is 8.64. The summed E-state index contributed by atoms with van der Waals surface area (Å²) in [6.07, 6.45) is -4.66. The molecule has 7 heteroatoms. The third-order valence-corrected chi connectivity index (χ3v) is 2.19. The van der Waals surface area contributed by atoms with Crippen molar-refractivity contribution in [2.24, 2.45) is 5.92 Å². The zero-order chi connectivity index (χ0) is 12.5. The van der Waals surface area contributed by atoms with Crippen molar-refractivity contribution in [1.82, 2.24) is 9.78 Å². The van der Waals surface area contributed by atoms with Crippen LogP contribution in [0, 0.1) is 17.2 Å². The van der Waals surface area contributed by atoms with E-state index in [0.717, 1.165) is 4.68 Å². The Morgan fingerprint density at radius 2 is 2.06 bits per heavy atom. The molecule has 0 radical (unpaired) electrons. The molecule has 1 rings (SSSR count). The molecule has 0 bridgehead atoms. The molecule has 0 N–H and O–H groups in total. The van der Waals surface area contributed by atoms with Crippen molar-refractivity contribution in [1.29, 1.82) is 5.26 Å². The van der Waals surface area contributed by atoms with Gasteiger partial charge in [0.15, 0.2) is 5.69 Å². The molecule has 88 valence electrons. The maximum absolute atomic E-state index is 12.5. The molecule has 0 aromatic carbocycles. The highest BCUT2D eigenvalue weighted by Crippen LogP contribution is 2.34. The fraction of sp³-hybridized carbons (Fsp3) is 0.556. The van der Waals surface area contributed by atoms with Crippen LogP contribution in [0.4, 0.5) is 13.2 Å². The van der Waals surface area contributed by atoms with Crippen LogP contribution in [0.25, 0.3) is 0 Å². The Kier molecular flexibility index (Phi) is 3.48. The second kappa shape index (κ2) is 4.34. The van der Waals surface area contributed by atoms with E-state index in [1.165, 1.54) is 6.07 Å². The highest BCUT2D eigenvalue weighted by atomic mass is 35.5. The zero-order valence-corrected chi connectivity index (χ0v) is 9.39. The van der Waals surface area contributed by atoms with E-state index in [0.29, 0.717) is 0 Å². The van der Waals surface area contributed by atoms with Gasteiger partial charge in [0.2, 0.25) is 0 Å². The monoisotopic (exact) mass is 251 g/mol. The lowest BCUT2D eigenvalue weighted by Gasteiger charge is -2.05. The summed E-state index contributed by atoms with van der Waals surface area (Å²) in [6, 6.07) is 1.43. The Hall–Kier alpha value is -1.22. The topological polar surface area (TPSA) is 41.6 Å². The Morgan fingerprint density at radius 1 is 1.50 bits per heavy atom. The second-order valence-electron chi connectivity index (χ2n) is 3.70. The van der Waals surface area contributed by atoms with Gasteiger partial charge in [-0.3, -0.25) is 4.68 Å². The lowest BCUT2D eigenvalue weighted by atomic mass is 10.2. The van der Waals surface area contributed by atoms with E-state index in [1.54, 1.807) is 0 Å². The Labute approximate surface area is 95.4 Å². The van der Waals surface area contributed by atoms with E-state index in [-0.39, 0.29) is 17.6 Å². The molecule has 0 fully saturated rings. The van der Waals surface area contributed by atoms with Crippen molar-refractivity contribution in [3.63, 3.8) is 0 Å². The molecule has 1 heterocycles. The summed E-state index contributed by atoms with van der Waals surface area (Å²) in [5, 5.41) is 11.7. The number of alkyl halides is 3. The summed E-state index contributed by atoms with van der Waals surface area (Å²) in [4.78, 5) is 0. The highest BCUT2D eigenvalue weighted by molar-refractivity contribution is 6.30. The van der Waals surface area contributed by atoms with Crippen LogP contribution in [0.2, 0.25) is 5.15 Å². The quantitative estimate of drug-likeness (QED) is 0.811. The Morgan fingerprint density at radius 3 is 2.38 bits per heavy atom. The summed E-state index contributed by atoms with van der Waals surface area (Å²) in [5.41, 5.74) is -1.84. The SMILES string of the molecule is CC(C)Cn1nc(C(F)(F)F)c(C#N)c1Cl. The minimum absolute atomic E-state index is 0.0880. The van der Waals surface area contributed by atoms with Gasteiger partial charge in [-0.25, -0.2) is 0 Å². The van der Waals surface area contributed by atoms with Crippen LogP contribution in [0.5, 0.6) is 0 Å². The van der Waals surface area contributed by atoms with E-state index >= 15 is 0 Å². The van der Waals surface area contributed by atoms with Gasteiger partial charge < -0.3 is 0 Å². The lowest BCUT2D eigenvalue weighted by Crippen LogP contribution is -2.11. The molecule has 0 aliphatic rings. The normalized spacial score (nSPS) is 11.9. The van der Waals surface area contributed by atoms with Gasteiger partial charge in [-0.15, -0.1) is 0 Å². The van der Waals surface area contributed by atoms with Crippen LogP contribution in [0.15, 0.2) is 0 Å². The summed E-state index contributed by atoms with van der Waals surface area (Å²) in [7, 11) is 0. The molecule has 0 spiro atoms. The third-order valence-electron chi connectivity index (χ3n) is 1.81. The predicted octanol–water partition coefficient (Wildman–Crippen LogP) is 3.08. The van der Waals surface area contributed by atoms with Gasteiger partial charge in [0.1, 0.15) is 16.8 Å². The standard InChI is InChI=1S/C9H9ClF3N3/c1-5(2)4-16-8(10)6(3-14)7(15-16)9(11,12)13/h5H,4H2,1-2H3. The molecule has 0 saturated carbocycles. The molecule has 0 aliphatic heterocycles. The summed E-state index contributed by atoms with van der Waals surface area (Å²) in [5.74, 6) is 0.0880. The molecule has 16 heavy (non-hydrogen) atoms. The molecule has 0 aliphatic carbocycles. The van der Waals surface area contributed by atoms with E-state index in [9.17, 15) is 13.2 Å². The molecular formula is C9H9ClF3N3. The number of hydrogen-bond donors (Lipinski definition) is 0. The Bertz CT molecular complexity index is 428. The minimum Gasteiger partial charge on any atom is -0.252 e. The number of halogens is 4. The minimum atomic E-state index is -4.66. The van der Waals surface area contributed by atoms with Gasteiger partial charge in [0.05, 0.1) is 0 Å². The van der Waals surface area contributed by atoms with Crippen molar-refractivity contribution < 1.29 is 13.2 Å². The molecular weight excluding hydrogens is 243 g/mol. The summed E-state index contributed by atoms with van der Waals surface area (Å²) >= 11 is 5.66. The largest absolute Gasteiger partial charge is 0.436 e. The van der Waals surface area contributed by atoms with E-state index < -0.39 is 17.4 Å². The van der Waals surface area contributed by atoms with Crippen molar-refractivity contribution in [2.45, 2.75) is 26.6 Å². The smallest absolute Gasteiger partial charge is 0.252 e. The van der Waals surface area contributed by atoms with E-state index in [4.69, 9.17) is 16.9 Å². The van der Waals surface area contributed by atoms with Crippen LogP contribution in [-0.4, -0.2) is 9.78 Å². The number of hydrogen-bond acceptors (Lipinski definition) is 2. The Balaban J connectivity index is 3.27. The van der Waals surface area contributed by atoms with Crippen LogP contribution in [0.3, 0.4) is 0 Å². The molecule has 0 atom stereocenters. The highest BCUT2D eigenvalue weighted by Gasteiger charge is 2.39. The first-order valence-corrected chi connectivity index (χ1v) is 4.88. The molecule has 0 saturated heterocycles. The summed E-state index contributed by atoms with van der Waals surface area (Å²) < 4.78 is 38.4. The number of aromatic nitrogens is 2. The third kappa shape index (κ3) is 2.47. The maximum Gasteiger partial charge on any atom is 0.436 e. The first kappa shape index (κ1) is 12.8. The van der Waals surface area contributed by atoms with E-state index in [1.807, 2.05) is 13.8 Å². The lowest BCUT2D eigenvalue weighted by molar-refractivity contribution is -0.141. The van der Waals surface area contributed by atoms with Crippen molar-refractivity contribution in [3.05, 3.63) is 16.4 Å². The molecule has 1 aromatic rings. The van der Waals surface area contributed by atoms with Gasteiger partial charge in [0.25, 0.3) is 0 Å². The molecule has 0 unspecified atom stereocenters. The van der Waals surface area contributed by atoms with Gasteiger partial charge in [-0.1, -0.05) is 25.4 Å². The second-order valence-corrected chi connectivity index (χ2v) is 4.06. The summed E-state index contributed by atoms with van der Waals surface area (Å²) in [6.45, 7) is 3.87. The fourth-order valence-corrected chi connectivity index (χ4v) is 1.44. The van der Waals surface area contributed by atoms with E-state index in [2.05, 4.69) is 5.10 Å². The van der Waals surface area contributed by atoms with Gasteiger partial charge in [-0.05, 0) is 5.92 Å². The van der Waals surface area contributed by atoms with Crippen LogP contribution in [0.1, 0.15) is 25.1 Å². The number of nitrogens with zero attached hydrogens (tertiary/aromatic N) is 3. The molecule has 3 nitrogen and oxygen atoms in total. The molecule has 0 amide bonds. The van der Waals surface area contributed by atoms with Crippen molar-refractivity contribution >= 4 is 11.6 Å². The van der Waals surface area contributed by atoms with Crippen molar-refractivity contribution in [3.8, 4) is 6.07 Å². The van der Waals surface area contributed by atoms with Crippen LogP contribution in [-0.2, 0) is 12.7 Å². The maximum atomic E-state index is 12.5. The number of rotatable bonds is 2. The fourth-order valence-electron chi connectivity index (χ4n) is 1.21. The van der Waals surface area contributed by atoms with Crippen LogP contribution >= 0.6 is 11.6 Å². The molecule has 1 aromatic heterocycles. The van der Waals surface area contributed by atoms with Gasteiger partial charge in [-0.2, -0.15) is 23.5 Å². The average molecular weight is 252 g/mol. The first-order valence-electron chi connectivity index (χ1n) is 4.51. The first-order chi connectivity index (χ1) is 7.27. The van der Waals surface area contributed by atoms with Gasteiger partial charge >= 0.3 is 6.18 Å². The number of nitriles is 1. The van der Waals surface area contributed by atoms with Crippen molar-refractivity contribution in [2.75, 3.05) is 0 Å².